The molecule has 104 valence electrons. The molecule has 0 aliphatic heterocycles. The van der Waals surface area contributed by atoms with E-state index in [4.69, 9.17) is 4.42 Å². The summed E-state index contributed by atoms with van der Waals surface area (Å²) in [4.78, 5) is 0. The van der Waals surface area contributed by atoms with Gasteiger partial charge in [-0.25, -0.2) is 0 Å². The first-order valence-corrected chi connectivity index (χ1v) is 7.77. The summed E-state index contributed by atoms with van der Waals surface area (Å²) in [6.45, 7) is 0. The SMILES string of the molecule is c1ccc(-c2cc3oc4ccccc4c3c3nsnc23)cc1. The van der Waals surface area contributed by atoms with Crippen LogP contribution in [0.5, 0.6) is 0 Å². The quantitative estimate of drug-likeness (QED) is 0.424. The van der Waals surface area contributed by atoms with E-state index in [9.17, 15) is 0 Å². The van der Waals surface area contributed by atoms with E-state index in [1.807, 2.05) is 36.4 Å². The largest absolute Gasteiger partial charge is 0.456 e. The highest BCUT2D eigenvalue weighted by atomic mass is 32.1. The maximum atomic E-state index is 6.03. The number of hydrogen-bond donors (Lipinski definition) is 0. The Balaban J connectivity index is 2.00. The molecule has 2 heterocycles. The Labute approximate surface area is 130 Å². The molecule has 0 atom stereocenters. The minimum Gasteiger partial charge on any atom is -0.456 e. The Bertz CT molecular complexity index is 1130. The first-order chi connectivity index (χ1) is 10.9. The van der Waals surface area contributed by atoms with Crippen molar-refractivity contribution in [1.82, 2.24) is 8.75 Å². The van der Waals surface area contributed by atoms with Crippen LogP contribution in [0.1, 0.15) is 0 Å². The van der Waals surface area contributed by atoms with Gasteiger partial charge < -0.3 is 4.42 Å². The number of furan rings is 1. The van der Waals surface area contributed by atoms with Crippen LogP contribution in [-0.4, -0.2) is 8.75 Å². The van der Waals surface area contributed by atoms with Gasteiger partial charge in [0.1, 0.15) is 22.2 Å². The van der Waals surface area contributed by atoms with Crippen molar-refractivity contribution in [2.24, 2.45) is 0 Å². The van der Waals surface area contributed by atoms with Crippen LogP contribution in [0.15, 0.2) is 65.1 Å². The van der Waals surface area contributed by atoms with Gasteiger partial charge >= 0.3 is 0 Å². The van der Waals surface area contributed by atoms with Gasteiger partial charge in [0, 0.05) is 10.9 Å². The summed E-state index contributed by atoms with van der Waals surface area (Å²) in [6, 6.07) is 20.4. The third-order valence-electron chi connectivity index (χ3n) is 3.96. The van der Waals surface area contributed by atoms with Gasteiger partial charge in [-0.2, -0.15) is 8.75 Å². The molecule has 0 aliphatic rings. The predicted molar refractivity (Wildman–Crippen MR) is 90.1 cm³/mol. The van der Waals surface area contributed by atoms with Crippen LogP contribution < -0.4 is 0 Å². The maximum Gasteiger partial charge on any atom is 0.138 e. The topological polar surface area (TPSA) is 38.9 Å². The van der Waals surface area contributed by atoms with Gasteiger partial charge in [0.2, 0.25) is 0 Å². The summed E-state index contributed by atoms with van der Waals surface area (Å²) >= 11 is 1.25. The average Bonchev–Trinajstić information content (AvgIpc) is 3.18. The van der Waals surface area contributed by atoms with Crippen LogP contribution >= 0.6 is 11.7 Å². The number of para-hydroxylation sites is 1. The third kappa shape index (κ3) is 1.55. The van der Waals surface area contributed by atoms with Crippen LogP contribution in [0.4, 0.5) is 0 Å². The van der Waals surface area contributed by atoms with E-state index in [-0.39, 0.29) is 0 Å². The zero-order valence-corrected chi connectivity index (χ0v) is 12.3. The van der Waals surface area contributed by atoms with Gasteiger partial charge in [0.15, 0.2) is 0 Å². The molecule has 0 N–H and O–H groups in total. The number of aromatic nitrogens is 2. The lowest BCUT2D eigenvalue weighted by atomic mass is 10.0. The summed E-state index contributed by atoms with van der Waals surface area (Å²) in [5.74, 6) is 0. The third-order valence-corrected chi connectivity index (χ3v) is 4.49. The molecule has 5 rings (SSSR count). The lowest BCUT2D eigenvalue weighted by molar-refractivity contribution is 0.669. The Hall–Kier alpha value is -2.72. The zero-order chi connectivity index (χ0) is 14.5. The van der Waals surface area contributed by atoms with E-state index in [1.54, 1.807) is 0 Å². The van der Waals surface area contributed by atoms with Crippen LogP contribution in [0.2, 0.25) is 0 Å². The van der Waals surface area contributed by atoms with E-state index in [0.29, 0.717) is 0 Å². The first-order valence-electron chi connectivity index (χ1n) is 7.04. The van der Waals surface area contributed by atoms with Gasteiger partial charge in [-0.15, -0.1) is 0 Å². The number of rotatable bonds is 1. The Morgan fingerprint density at radius 1 is 0.773 bits per heavy atom. The highest BCUT2D eigenvalue weighted by Crippen LogP contribution is 2.38. The van der Waals surface area contributed by atoms with Gasteiger partial charge in [0.05, 0.1) is 17.1 Å². The normalized spacial score (nSPS) is 11.6. The maximum absolute atomic E-state index is 6.03. The molecular weight excluding hydrogens is 292 g/mol. The minimum absolute atomic E-state index is 0.861. The summed E-state index contributed by atoms with van der Waals surface area (Å²) < 4.78 is 15.1. The van der Waals surface area contributed by atoms with E-state index < -0.39 is 0 Å². The molecule has 22 heavy (non-hydrogen) atoms. The molecule has 0 radical (unpaired) electrons. The highest BCUT2D eigenvalue weighted by Gasteiger charge is 2.17. The molecule has 0 bridgehead atoms. The number of nitrogens with zero attached hydrogens (tertiary/aromatic N) is 2. The average molecular weight is 302 g/mol. The van der Waals surface area contributed by atoms with E-state index >= 15 is 0 Å². The molecule has 5 aromatic rings. The van der Waals surface area contributed by atoms with Gasteiger partial charge in [-0.3, -0.25) is 0 Å². The minimum atomic E-state index is 0.861. The molecule has 0 unspecified atom stereocenters. The summed E-state index contributed by atoms with van der Waals surface area (Å²) in [7, 11) is 0. The molecule has 0 amide bonds. The fraction of sp³-hybridized carbons (Fsp3) is 0. The molecule has 0 spiro atoms. The van der Waals surface area contributed by atoms with Crippen LogP contribution in [0, 0.1) is 0 Å². The van der Waals surface area contributed by atoms with Crippen molar-refractivity contribution in [1.29, 1.82) is 0 Å². The van der Waals surface area contributed by atoms with Crippen molar-refractivity contribution in [3.8, 4) is 11.1 Å². The molecule has 0 saturated heterocycles. The number of hydrogen-bond acceptors (Lipinski definition) is 4. The van der Waals surface area contributed by atoms with Crippen LogP contribution in [0.3, 0.4) is 0 Å². The van der Waals surface area contributed by atoms with Crippen molar-refractivity contribution in [3.63, 3.8) is 0 Å². The van der Waals surface area contributed by atoms with Gasteiger partial charge in [-0.05, 0) is 17.7 Å². The molecule has 0 saturated carbocycles. The lowest BCUT2D eigenvalue weighted by Crippen LogP contribution is -1.81. The van der Waals surface area contributed by atoms with E-state index in [1.165, 1.54) is 11.7 Å². The number of benzene rings is 3. The van der Waals surface area contributed by atoms with Gasteiger partial charge in [-0.1, -0.05) is 48.5 Å². The van der Waals surface area contributed by atoms with Crippen molar-refractivity contribution >= 4 is 44.7 Å². The highest BCUT2D eigenvalue weighted by molar-refractivity contribution is 7.00. The van der Waals surface area contributed by atoms with E-state index in [2.05, 4.69) is 33.0 Å². The first kappa shape index (κ1) is 11.9. The fourth-order valence-corrected chi connectivity index (χ4v) is 3.54. The lowest BCUT2D eigenvalue weighted by Gasteiger charge is -2.02. The molecule has 4 heteroatoms. The monoisotopic (exact) mass is 302 g/mol. The molecule has 0 aliphatic carbocycles. The Kier molecular flexibility index (Phi) is 2.37. The fourth-order valence-electron chi connectivity index (χ4n) is 2.98. The number of fused-ring (bicyclic) bond motifs is 5. The van der Waals surface area contributed by atoms with Crippen molar-refractivity contribution in [3.05, 3.63) is 60.7 Å². The van der Waals surface area contributed by atoms with Gasteiger partial charge in [0.25, 0.3) is 0 Å². The second-order valence-electron chi connectivity index (χ2n) is 5.22. The van der Waals surface area contributed by atoms with Crippen molar-refractivity contribution in [2.45, 2.75) is 0 Å². The Morgan fingerprint density at radius 2 is 1.55 bits per heavy atom. The van der Waals surface area contributed by atoms with E-state index in [0.717, 1.165) is 44.1 Å². The summed E-state index contributed by atoms with van der Waals surface area (Å²) in [5.41, 5.74) is 5.80. The standard InChI is InChI=1S/C18H10N2OS/c1-2-6-11(7-3-1)13-10-15-16(18-17(13)19-22-20-18)12-8-4-5-9-14(12)21-15/h1-10H. The van der Waals surface area contributed by atoms with Crippen molar-refractivity contribution < 1.29 is 4.42 Å². The van der Waals surface area contributed by atoms with Crippen LogP contribution in [0.25, 0.3) is 44.1 Å². The molecule has 2 aromatic heterocycles. The van der Waals surface area contributed by atoms with Crippen LogP contribution in [-0.2, 0) is 0 Å². The zero-order valence-electron chi connectivity index (χ0n) is 11.5. The summed E-state index contributed by atoms with van der Waals surface area (Å²) in [6.07, 6.45) is 0. The van der Waals surface area contributed by atoms with Crippen molar-refractivity contribution in [2.75, 3.05) is 0 Å². The predicted octanol–water partition coefficient (Wildman–Crippen LogP) is 5.26. The second kappa shape index (κ2) is 4.39. The molecular formula is C18H10N2OS. The second-order valence-corrected chi connectivity index (χ2v) is 5.75. The molecule has 3 nitrogen and oxygen atoms in total. The summed E-state index contributed by atoms with van der Waals surface area (Å²) in [5, 5.41) is 2.15. The smallest absolute Gasteiger partial charge is 0.138 e. The Morgan fingerprint density at radius 3 is 2.45 bits per heavy atom. The molecule has 3 aromatic carbocycles. The molecule has 0 fully saturated rings.